The van der Waals surface area contributed by atoms with Crippen molar-refractivity contribution in [2.24, 2.45) is 5.73 Å². The fraction of sp³-hybridized carbons (Fsp3) is 0.571. The second-order valence-corrected chi connectivity index (χ2v) is 4.80. The summed E-state index contributed by atoms with van der Waals surface area (Å²) in [6.07, 6.45) is 0. The standard InChI is InChI=1S/C14H23NO3/c1-4-17-12-6-5-7-13(10-12)18-9-8-16-11-14(2,3)15/h5-7,10H,4,8-9,11,15H2,1-3H3. The van der Waals surface area contributed by atoms with Crippen LogP contribution in [0.3, 0.4) is 0 Å². The maximum absolute atomic E-state index is 5.80. The van der Waals surface area contributed by atoms with Crippen molar-refractivity contribution in [3.8, 4) is 11.5 Å². The SMILES string of the molecule is CCOc1cccc(OCCOCC(C)(C)N)c1. The molecule has 0 aromatic heterocycles. The van der Waals surface area contributed by atoms with Gasteiger partial charge in [-0.1, -0.05) is 6.07 Å². The summed E-state index contributed by atoms with van der Waals surface area (Å²) < 4.78 is 16.4. The molecule has 0 bridgehead atoms. The summed E-state index contributed by atoms with van der Waals surface area (Å²) in [5.74, 6) is 1.61. The van der Waals surface area contributed by atoms with Crippen LogP contribution in [0.15, 0.2) is 24.3 Å². The van der Waals surface area contributed by atoms with Gasteiger partial charge in [0.05, 0.1) is 19.8 Å². The summed E-state index contributed by atoms with van der Waals surface area (Å²) in [4.78, 5) is 0. The van der Waals surface area contributed by atoms with Gasteiger partial charge in [0.2, 0.25) is 0 Å². The molecule has 0 aliphatic carbocycles. The average molecular weight is 253 g/mol. The van der Waals surface area contributed by atoms with Gasteiger partial charge in [-0.15, -0.1) is 0 Å². The molecule has 1 rings (SSSR count). The molecule has 4 nitrogen and oxygen atoms in total. The van der Waals surface area contributed by atoms with Crippen LogP contribution in [0.1, 0.15) is 20.8 Å². The molecule has 1 aromatic carbocycles. The quantitative estimate of drug-likeness (QED) is 0.722. The van der Waals surface area contributed by atoms with Crippen LogP contribution >= 0.6 is 0 Å². The van der Waals surface area contributed by atoms with Crippen LogP contribution in [0.5, 0.6) is 11.5 Å². The molecule has 0 aliphatic heterocycles. The highest BCUT2D eigenvalue weighted by atomic mass is 16.5. The largest absolute Gasteiger partial charge is 0.494 e. The van der Waals surface area contributed by atoms with Crippen LogP contribution in [0.25, 0.3) is 0 Å². The number of hydrogen-bond acceptors (Lipinski definition) is 4. The first-order valence-electron chi connectivity index (χ1n) is 6.23. The predicted molar refractivity (Wildman–Crippen MR) is 72.2 cm³/mol. The van der Waals surface area contributed by atoms with Gasteiger partial charge in [-0.25, -0.2) is 0 Å². The number of nitrogens with two attached hydrogens (primary N) is 1. The van der Waals surface area contributed by atoms with Gasteiger partial charge in [0.15, 0.2) is 0 Å². The Morgan fingerprint density at radius 3 is 2.39 bits per heavy atom. The van der Waals surface area contributed by atoms with Crippen LogP contribution in [0.4, 0.5) is 0 Å². The summed E-state index contributed by atoms with van der Waals surface area (Å²) in [5.41, 5.74) is 5.50. The maximum atomic E-state index is 5.80. The molecule has 102 valence electrons. The maximum Gasteiger partial charge on any atom is 0.123 e. The predicted octanol–water partition coefficient (Wildman–Crippen LogP) is 2.22. The Bertz CT molecular complexity index is 347. The minimum absolute atomic E-state index is 0.297. The van der Waals surface area contributed by atoms with Crippen molar-refractivity contribution in [2.45, 2.75) is 26.3 Å². The van der Waals surface area contributed by atoms with Gasteiger partial charge in [0, 0.05) is 11.6 Å². The molecule has 18 heavy (non-hydrogen) atoms. The molecule has 1 aromatic rings. The molecule has 0 aliphatic rings. The summed E-state index contributed by atoms with van der Waals surface area (Å²) in [5, 5.41) is 0. The lowest BCUT2D eigenvalue weighted by Crippen LogP contribution is -2.37. The molecule has 0 atom stereocenters. The molecule has 0 unspecified atom stereocenters. The molecule has 0 saturated carbocycles. The third-order valence-corrected chi connectivity index (χ3v) is 2.09. The Morgan fingerprint density at radius 1 is 1.11 bits per heavy atom. The van der Waals surface area contributed by atoms with Gasteiger partial charge < -0.3 is 19.9 Å². The Kier molecular flexibility index (Phi) is 5.95. The van der Waals surface area contributed by atoms with Gasteiger partial charge in [-0.05, 0) is 32.9 Å². The number of hydrogen-bond donors (Lipinski definition) is 1. The number of rotatable bonds is 8. The van der Waals surface area contributed by atoms with E-state index in [1.165, 1.54) is 0 Å². The monoisotopic (exact) mass is 253 g/mol. The fourth-order valence-electron chi connectivity index (χ4n) is 1.37. The zero-order chi connectivity index (χ0) is 13.4. The first-order valence-corrected chi connectivity index (χ1v) is 6.23. The molecule has 4 heteroatoms. The van der Waals surface area contributed by atoms with E-state index in [2.05, 4.69) is 0 Å². The van der Waals surface area contributed by atoms with Gasteiger partial charge in [-0.2, -0.15) is 0 Å². The summed E-state index contributed by atoms with van der Waals surface area (Å²) in [6, 6.07) is 7.58. The van der Waals surface area contributed by atoms with Crippen molar-refractivity contribution in [1.82, 2.24) is 0 Å². The van der Waals surface area contributed by atoms with Gasteiger partial charge in [0.1, 0.15) is 18.1 Å². The Balaban J connectivity index is 2.24. The van der Waals surface area contributed by atoms with Gasteiger partial charge >= 0.3 is 0 Å². The Hall–Kier alpha value is -1.26. The lowest BCUT2D eigenvalue weighted by molar-refractivity contribution is 0.0724. The molecule has 0 heterocycles. The Morgan fingerprint density at radius 2 is 1.78 bits per heavy atom. The number of benzene rings is 1. The summed E-state index contributed by atoms with van der Waals surface area (Å²) in [6.45, 7) is 8.02. The van der Waals surface area contributed by atoms with E-state index in [-0.39, 0.29) is 5.54 Å². The summed E-state index contributed by atoms with van der Waals surface area (Å²) >= 11 is 0. The Labute approximate surface area is 109 Å². The van der Waals surface area contributed by atoms with Crippen LogP contribution in [-0.2, 0) is 4.74 Å². The average Bonchev–Trinajstić information content (AvgIpc) is 2.28. The van der Waals surface area contributed by atoms with Crippen molar-refractivity contribution < 1.29 is 14.2 Å². The lowest BCUT2D eigenvalue weighted by atomic mass is 10.1. The van der Waals surface area contributed by atoms with Crippen LogP contribution in [0.2, 0.25) is 0 Å². The molecule has 0 fully saturated rings. The fourth-order valence-corrected chi connectivity index (χ4v) is 1.37. The van der Waals surface area contributed by atoms with Crippen molar-refractivity contribution in [3.63, 3.8) is 0 Å². The third kappa shape index (κ3) is 6.47. The van der Waals surface area contributed by atoms with E-state index < -0.39 is 0 Å². The van der Waals surface area contributed by atoms with Gasteiger partial charge in [0.25, 0.3) is 0 Å². The van der Waals surface area contributed by atoms with E-state index in [1.54, 1.807) is 0 Å². The van der Waals surface area contributed by atoms with Crippen molar-refractivity contribution in [3.05, 3.63) is 24.3 Å². The van der Waals surface area contributed by atoms with E-state index in [1.807, 2.05) is 45.0 Å². The minimum atomic E-state index is -0.297. The molecule has 2 N–H and O–H groups in total. The highest BCUT2D eigenvalue weighted by Crippen LogP contribution is 2.19. The van der Waals surface area contributed by atoms with E-state index in [4.69, 9.17) is 19.9 Å². The van der Waals surface area contributed by atoms with E-state index >= 15 is 0 Å². The molecular weight excluding hydrogens is 230 g/mol. The summed E-state index contributed by atoms with van der Waals surface area (Å²) in [7, 11) is 0. The molecular formula is C14H23NO3. The number of ether oxygens (including phenoxy) is 3. The van der Waals surface area contributed by atoms with Crippen LogP contribution in [0, 0.1) is 0 Å². The second-order valence-electron chi connectivity index (χ2n) is 4.80. The topological polar surface area (TPSA) is 53.7 Å². The van der Waals surface area contributed by atoms with Crippen molar-refractivity contribution >= 4 is 0 Å². The van der Waals surface area contributed by atoms with E-state index in [0.29, 0.717) is 26.4 Å². The molecule has 0 spiro atoms. The second kappa shape index (κ2) is 7.24. The highest BCUT2D eigenvalue weighted by Gasteiger charge is 2.09. The molecule has 0 amide bonds. The van der Waals surface area contributed by atoms with Gasteiger partial charge in [-0.3, -0.25) is 0 Å². The first kappa shape index (κ1) is 14.8. The van der Waals surface area contributed by atoms with Crippen LogP contribution < -0.4 is 15.2 Å². The minimum Gasteiger partial charge on any atom is -0.494 e. The highest BCUT2D eigenvalue weighted by molar-refractivity contribution is 5.32. The smallest absolute Gasteiger partial charge is 0.123 e. The van der Waals surface area contributed by atoms with Crippen molar-refractivity contribution in [2.75, 3.05) is 26.4 Å². The molecule has 0 saturated heterocycles. The van der Waals surface area contributed by atoms with E-state index in [9.17, 15) is 0 Å². The van der Waals surface area contributed by atoms with Crippen molar-refractivity contribution in [1.29, 1.82) is 0 Å². The third-order valence-electron chi connectivity index (χ3n) is 2.09. The molecule has 0 radical (unpaired) electrons. The normalized spacial score (nSPS) is 11.3. The lowest BCUT2D eigenvalue weighted by Gasteiger charge is -2.18. The van der Waals surface area contributed by atoms with Crippen LogP contribution in [-0.4, -0.2) is 32.0 Å². The van der Waals surface area contributed by atoms with E-state index in [0.717, 1.165) is 11.5 Å². The zero-order valence-electron chi connectivity index (χ0n) is 11.4. The first-order chi connectivity index (χ1) is 8.51. The zero-order valence-corrected chi connectivity index (χ0v) is 11.4.